The second-order valence-electron chi connectivity index (χ2n) is 7.16. The molecule has 2 amide bonds. The molecule has 4 aromatic rings. The van der Waals surface area contributed by atoms with Crippen molar-refractivity contribution in [1.82, 2.24) is 9.97 Å². The first-order valence-electron chi connectivity index (χ1n) is 9.95. The average Bonchev–Trinajstić information content (AvgIpc) is 3.19. The number of aliphatic hydroxyl groups excluding tert-OH is 2. The number of ether oxygens (including phenoxy) is 1. The number of hydrogen-bond donors (Lipinski definition) is 6. The molecule has 0 radical (unpaired) electrons. The summed E-state index contributed by atoms with van der Waals surface area (Å²) in [5, 5.41) is 25.2. The van der Waals surface area contributed by atoms with Gasteiger partial charge in [0.05, 0.1) is 11.0 Å². The smallest absolute Gasteiger partial charge is 0.256 e. The molecule has 0 aliphatic rings. The van der Waals surface area contributed by atoms with Gasteiger partial charge in [0.15, 0.2) is 18.2 Å². The van der Waals surface area contributed by atoms with Crippen LogP contribution in [0.5, 0.6) is 11.5 Å². The molecular weight excluding hydrogens is 426 g/mol. The summed E-state index contributed by atoms with van der Waals surface area (Å²) in [6, 6.07) is 20.3. The van der Waals surface area contributed by atoms with Crippen LogP contribution in [0.3, 0.4) is 0 Å². The van der Waals surface area contributed by atoms with E-state index < -0.39 is 24.0 Å². The fourth-order valence-corrected chi connectivity index (χ4v) is 3.06. The summed E-state index contributed by atoms with van der Waals surface area (Å²) in [6.07, 6.45) is -3.98. The number of carbonyl (C=O) groups excluding carboxylic acids is 2. The molecule has 0 unspecified atom stereocenters. The molecule has 0 aliphatic heterocycles. The molecule has 0 saturated carbocycles. The molecule has 0 fully saturated rings. The molecule has 4 rings (SSSR count). The van der Waals surface area contributed by atoms with Crippen molar-refractivity contribution in [3.8, 4) is 11.5 Å². The molecule has 1 aromatic heterocycles. The van der Waals surface area contributed by atoms with Gasteiger partial charge in [-0.3, -0.25) is 9.59 Å². The Bertz CT molecular complexity index is 1270. The van der Waals surface area contributed by atoms with Crippen LogP contribution in [0.2, 0.25) is 0 Å². The Morgan fingerprint density at radius 2 is 1.42 bits per heavy atom. The summed E-state index contributed by atoms with van der Waals surface area (Å²) < 4.78 is 5.67. The molecule has 0 aliphatic carbocycles. The van der Waals surface area contributed by atoms with E-state index in [1.165, 1.54) is 0 Å². The zero-order valence-electron chi connectivity index (χ0n) is 17.2. The number of aromatic nitrogens is 2. The lowest BCUT2D eigenvalue weighted by atomic mass is 10.1. The first-order valence-corrected chi connectivity index (χ1v) is 9.95. The normalized spacial score (nSPS) is 12.7. The van der Waals surface area contributed by atoms with Crippen LogP contribution < -0.4 is 21.1 Å². The van der Waals surface area contributed by atoms with Crippen molar-refractivity contribution in [3.63, 3.8) is 0 Å². The third-order valence-corrected chi connectivity index (χ3v) is 4.70. The Balaban J connectivity index is 1.33. The minimum atomic E-state index is -1.99. The quantitative estimate of drug-likeness (QED) is 0.253. The van der Waals surface area contributed by atoms with Gasteiger partial charge in [-0.15, -0.1) is 0 Å². The van der Waals surface area contributed by atoms with E-state index in [0.29, 0.717) is 33.9 Å². The predicted octanol–water partition coefficient (Wildman–Crippen LogP) is 2.24. The van der Waals surface area contributed by atoms with Gasteiger partial charge in [-0.25, -0.2) is 4.98 Å². The van der Waals surface area contributed by atoms with Crippen LogP contribution >= 0.6 is 0 Å². The summed E-state index contributed by atoms with van der Waals surface area (Å²) in [5.74, 6) is -0.452. The van der Waals surface area contributed by atoms with E-state index in [1.54, 1.807) is 54.6 Å². The largest absolute Gasteiger partial charge is 0.457 e. The minimum absolute atomic E-state index is 0.222. The van der Waals surface area contributed by atoms with Gasteiger partial charge in [0, 0.05) is 11.4 Å². The topological polar surface area (TPSA) is 163 Å². The van der Waals surface area contributed by atoms with Crippen LogP contribution in [-0.2, 0) is 9.59 Å². The number of aromatic amines is 1. The van der Waals surface area contributed by atoms with Crippen LogP contribution in [0.4, 0.5) is 17.3 Å². The summed E-state index contributed by atoms with van der Waals surface area (Å²) in [6.45, 7) is 0. The van der Waals surface area contributed by atoms with Gasteiger partial charge in [0.1, 0.15) is 11.5 Å². The predicted molar refractivity (Wildman–Crippen MR) is 123 cm³/mol. The first-order chi connectivity index (χ1) is 15.9. The Kier molecular flexibility index (Phi) is 6.20. The van der Waals surface area contributed by atoms with Crippen molar-refractivity contribution in [2.45, 2.75) is 12.2 Å². The molecule has 33 heavy (non-hydrogen) atoms. The second kappa shape index (κ2) is 9.39. The Hall–Kier alpha value is -4.41. The third kappa shape index (κ3) is 5.26. The molecule has 10 heteroatoms. The summed E-state index contributed by atoms with van der Waals surface area (Å²) in [4.78, 5) is 31.5. The van der Waals surface area contributed by atoms with Crippen LogP contribution in [0.15, 0.2) is 72.8 Å². The van der Waals surface area contributed by atoms with E-state index >= 15 is 0 Å². The highest BCUT2D eigenvalue weighted by molar-refractivity contribution is 6.02. The number of anilines is 3. The standard InChI is InChI=1S/C23H21N5O5/c24-23-27-17-11-8-14(12-18(17)28-23)26-22(32)20(30)19(29)21(31)25-13-6-9-16(10-7-13)33-15-4-2-1-3-5-15/h1-12,19-20,29-30H,(H,25,31)(H,26,32)(H3,24,27,28)/t19-,20-/m1/s1. The van der Waals surface area contributed by atoms with Gasteiger partial charge in [0.25, 0.3) is 11.8 Å². The van der Waals surface area contributed by atoms with Crippen molar-refractivity contribution in [1.29, 1.82) is 0 Å². The van der Waals surface area contributed by atoms with E-state index in [2.05, 4.69) is 20.6 Å². The maximum absolute atomic E-state index is 12.3. The van der Waals surface area contributed by atoms with E-state index in [0.717, 1.165) is 0 Å². The summed E-state index contributed by atoms with van der Waals surface area (Å²) >= 11 is 0. The van der Waals surface area contributed by atoms with Crippen molar-refractivity contribution < 1.29 is 24.5 Å². The molecule has 1 heterocycles. The first kappa shape index (κ1) is 21.8. The van der Waals surface area contributed by atoms with Crippen LogP contribution in [0.1, 0.15) is 0 Å². The molecule has 0 saturated heterocycles. The molecule has 0 bridgehead atoms. The number of hydrogen-bond acceptors (Lipinski definition) is 7. The van der Waals surface area contributed by atoms with Gasteiger partial charge in [-0.05, 0) is 54.6 Å². The van der Waals surface area contributed by atoms with Gasteiger partial charge in [-0.1, -0.05) is 18.2 Å². The molecule has 168 valence electrons. The van der Waals surface area contributed by atoms with E-state index in [-0.39, 0.29) is 5.95 Å². The number of fused-ring (bicyclic) bond motifs is 1. The monoisotopic (exact) mass is 447 g/mol. The van der Waals surface area contributed by atoms with Crippen molar-refractivity contribution >= 4 is 40.2 Å². The molecule has 0 spiro atoms. The van der Waals surface area contributed by atoms with E-state index in [4.69, 9.17) is 10.5 Å². The number of nitrogens with zero attached hydrogens (tertiary/aromatic N) is 1. The molecule has 7 N–H and O–H groups in total. The number of H-pyrrole nitrogens is 1. The number of para-hydroxylation sites is 1. The molecule has 2 atom stereocenters. The molecule has 10 nitrogen and oxygen atoms in total. The summed E-state index contributed by atoms with van der Waals surface area (Å²) in [5.41, 5.74) is 7.46. The fraction of sp³-hybridized carbons (Fsp3) is 0.0870. The number of nitrogens with one attached hydrogen (secondary N) is 3. The molecular formula is C23H21N5O5. The Morgan fingerprint density at radius 1 is 0.848 bits per heavy atom. The van der Waals surface area contributed by atoms with Crippen molar-refractivity contribution in [2.24, 2.45) is 0 Å². The lowest BCUT2D eigenvalue weighted by molar-refractivity contribution is -0.139. The number of aliphatic hydroxyl groups is 2. The third-order valence-electron chi connectivity index (χ3n) is 4.70. The van der Waals surface area contributed by atoms with Crippen LogP contribution in [0.25, 0.3) is 11.0 Å². The highest BCUT2D eigenvalue weighted by atomic mass is 16.5. The Labute approximate surface area is 188 Å². The summed E-state index contributed by atoms with van der Waals surface area (Å²) in [7, 11) is 0. The van der Waals surface area contributed by atoms with E-state index in [1.807, 2.05) is 18.2 Å². The van der Waals surface area contributed by atoms with Crippen molar-refractivity contribution in [2.75, 3.05) is 16.4 Å². The fourth-order valence-electron chi connectivity index (χ4n) is 3.06. The van der Waals surface area contributed by atoms with Gasteiger partial charge >= 0.3 is 0 Å². The minimum Gasteiger partial charge on any atom is -0.457 e. The maximum Gasteiger partial charge on any atom is 0.256 e. The maximum atomic E-state index is 12.3. The number of amides is 2. The number of nitrogen functional groups attached to an aromatic ring is 1. The lowest BCUT2D eigenvalue weighted by Gasteiger charge is -2.17. The van der Waals surface area contributed by atoms with Crippen molar-refractivity contribution in [3.05, 3.63) is 72.8 Å². The zero-order chi connectivity index (χ0) is 23.4. The number of rotatable bonds is 7. The van der Waals surface area contributed by atoms with Crippen LogP contribution in [-0.4, -0.2) is 44.2 Å². The SMILES string of the molecule is Nc1nc2ccc(NC(=O)[C@H](O)[C@@H](O)C(=O)Nc3ccc(Oc4ccccc4)cc3)cc2[nH]1. The van der Waals surface area contributed by atoms with Gasteiger partial charge < -0.3 is 36.3 Å². The van der Waals surface area contributed by atoms with Crippen LogP contribution in [0, 0.1) is 0 Å². The van der Waals surface area contributed by atoms with Gasteiger partial charge in [0.2, 0.25) is 0 Å². The van der Waals surface area contributed by atoms with Gasteiger partial charge in [-0.2, -0.15) is 0 Å². The lowest BCUT2D eigenvalue weighted by Crippen LogP contribution is -2.45. The number of benzene rings is 3. The highest BCUT2D eigenvalue weighted by Crippen LogP contribution is 2.23. The highest BCUT2D eigenvalue weighted by Gasteiger charge is 2.30. The van der Waals surface area contributed by atoms with E-state index in [9.17, 15) is 19.8 Å². The number of nitrogens with two attached hydrogens (primary N) is 1. The number of imidazole rings is 1. The zero-order valence-corrected chi connectivity index (χ0v) is 17.2. The second-order valence-corrected chi connectivity index (χ2v) is 7.16. The number of carbonyl (C=O) groups is 2. The molecule has 3 aromatic carbocycles. The average molecular weight is 447 g/mol. The Morgan fingerprint density at radius 3 is 2.09 bits per heavy atom.